The van der Waals surface area contributed by atoms with Crippen molar-refractivity contribution in [1.82, 2.24) is 9.78 Å². The molecule has 0 atom stereocenters. The second-order valence-corrected chi connectivity index (χ2v) is 6.49. The molecule has 2 aromatic rings. The van der Waals surface area contributed by atoms with Gasteiger partial charge in [0, 0.05) is 22.4 Å². The fourth-order valence-electron chi connectivity index (χ4n) is 1.82. The zero-order chi connectivity index (χ0) is 14.5. The van der Waals surface area contributed by atoms with Gasteiger partial charge in [-0.25, -0.2) is 4.68 Å². The van der Waals surface area contributed by atoms with Crippen molar-refractivity contribution >= 4 is 17.0 Å². The van der Waals surface area contributed by atoms with Crippen molar-refractivity contribution in [2.24, 2.45) is 5.92 Å². The Morgan fingerprint density at radius 2 is 2.10 bits per heavy atom. The van der Waals surface area contributed by atoms with E-state index in [0.717, 1.165) is 18.7 Å². The van der Waals surface area contributed by atoms with Gasteiger partial charge in [0.15, 0.2) is 0 Å². The van der Waals surface area contributed by atoms with E-state index in [4.69, 9.17) is 0 Å². The first-order chi connectivity index (χ1) is 9.58. The molecule has 20 heavy (non-hydrogen) atoms. The van der Waals surface area contributed by atoms with E-state index >= 15 is 0 Å². The number of thiophene rings is 1. The highest BCUT2D eigenvalue weighted by atomic mass is 32.1. The van der Waals surface area contributed by atoms with Gasteiger partial charge in [-0.2, -0.15) is 5.10 Å². The second-order valence-electron chi connectivity index (χ2n) is 5.24. The Bertz CT molecular complexity index is 616. The zero-order valence-electron chi connectivity index (χ0n) is 12.2. The molecule has 0 fully saturated rings. The van der Waals surface area contributed by atoms with Gasteiger partial charge in [0.2, 0.25) is 0 Å². The maximum atomic E-state index is 12.0. The smallest absolute Gasteiger partial charge is 0.269 e. The van der Waals surface area contributed by atoms with E-state index in [-0.39, 0.29) is 5.56 Å². The van der Waals surface area contributed by atoms with Crippen molar-refractivity contribution in [2.75, 3.05) is 11.9 Å². The molecule has 2 rings (SSSR count). The molecule has 0 aliphatic carbocycles. The van der Waals surface area contributed by atoms with Gasteiger partial charge in [-0.05, 0) is 24.5 Å². The van der Waals surface area contributed by atoms with Gasteiger partial charge < -0.3 is 5.32 Å². The van der Waals surface area contributed by atoms with Crippen LogP contribution in [-0.2, 0) is 13.0 Å². The van der Waals surface area contributed by atoms with Crippen molar-refractivity contribution in [2.45, 2.75) is 33.7 Å². The molecule has 1 N–H and O–H groups in total. The lowest BCUT2D eigenvalue weighted by Crippen LogP contribution is -2.23. The molecule has 0 unspecified atom stereocenters. The maximum Gasteiger partial charge on any atom is 0.269 e. The van der Waals surface area contributed by atoms with Crippen molar-refractivity contribution < 1.29 is 0 Å². The highest BCUT2D eigenvalue weighted by molar-refractivity contribution is 7.11. The summed E-state index contributed by atoms with van der Waals surface area (Å²) in [6.45, 7) is 7.78. The SMILES string of the molecule is CCc1ccc(Cn2ncc(NCC(C)C)cc2=O)s1. The molecule has 5 heteroatoms. The third-order valence-electron chi connectivity index (χ3n) is 2.96. The first-order valence-corrected chi connectivity index (χ1v) is 7.78. The van der Waals surface area contributed by atoms with Crippen LogP contribution >= 0.6 is 11.3 Å². The van der Waals surface area contributed by atoms with Gasteiger partial charge in [-0.1, -0.05) is 20.8 Å². The normalized spacial score (nSPS) is 11.0. The first kappa shape index (κ1) is 14.8. The molecule has 2 aromatic heterocycles. The van der Waals surface area contributed by atoms with Gasteiger partial charge in [-0.3, -0.25) is 4.79 Å². The molecule has 0 saturated heterocycles. The summed E-state index contributed by atoms with van der Waals surface area (Å²) in [6.07, 6.45) is 2.75. The number of hydrogen-bond donors (Lipinski definition) is 1. The molecule has 2 heterocycles. The molecule has 0 aliphatic heterocycles. The fourth-order valence-corrected chi connectivity index (χ4v) is 2.76. The Morgan fingerprint density at radius 3 is 2.70 bits per heavy atom. The minimum Gasteiger partial charge on any atom is -0.383 e. The molecule has 0 amide bonds. The lowest BCUT2D eigenvalue weighted by molar-refractivity contribution is 0.643. The van der Waals surface area contributed by atoms with Crippen molar-refractivity contribution in [3.8, 4) is 0 Å². The lowest BCUT2D eigenvalue weighted by atomic mass is 10.2. The van der Waals surface area contributed by atoms with Crippen LogP contribution in [0, 0.1) is 5.92 Å². The average molecular weight is 291 g/mol. The first-order valence-electron chi connectivity index (χ1n) is 6.97. The molecule has 0 radical (unpaired) electrons. The lowest BCUT2D eigenvalue weighted by Gasteiger charge is -2.09. The highest BCUT2D eigenvalue weighted by Crippen LogP contribution is 2.17. The number of anilines is 1. The topological polar surface area (TPSA) is 46.9 Å². The predicted molar refractivity (Wildman–Crippen MR) is 84.6 cm³/mol. The summed E-state index contributed by atoms with van der Waals surface area (Å²) < 4.78 is 1.51. The number of nitrogens with zero attached hydrogens (tertiary/aromatic N) is 2. The molecular formula is C15H21N3OS. The number of rotatable bonds is 6. The van der Waals surface area contributed by atoms with Crippen LogP contribution in [0.1, 0.15) is 30.5 Å². The molecule has 0 aliphatic rings. The van der Waals surface area contributed by atoms with E-state index in [2.05, 4.69) is 43.3 Å². The summed E-state index contributed by atoms with van der Waals surface area (Å²) in [5.41, 5.74) is 0.727. The molecule has 0 bridgehead atoms. The van der Waals surface area contributed by atoms with E-state index in [1.165, 1.54) is 14.4 Å². The summed E-state index contributed by atoms with van der Waals surface area (Å²) in [6, 6.07) is 5.80. The van der Waals surface area contributed by atoms with Gasteiger partial charge in [0.05, 0.1) is 18.4 Å². The van der Waals surface area contributed by atoms with Crippen molar-refractivity contribution in [3.63, 3.8) is 0 Å². The third kappa shape index (κ3) is 3.93. The van der Waals surface area contributed by atoms with Crippen molar-refractivity contribution in [3.05, 3.63) is 44.5 Å². The third-order valence-corrected chi connectivity index (χ3v) is 4.17. The van der Waals surface area contributed by atoms with Crippen LogP contribution < -0.4 is 10.9 Å². The van der Waals surface area contributed by atoms with Gasteiger partial charge in [0.25, 0.3) is 5.56 Å². The Morgan fingerprint density at radius 1 is 1.35 bits per heavy atom. The summed E-state index contributed by atoms with van der Waals surface area (Å²) in [5, 5.41) is 7.45. The van der Waals surface area contributed by atoms with E-state index in [0.29, 0.717) is 12.5 Å². The summed E-state index contributed by atoms with van der Waals surface area (Å²) >= 11 is 1.74. The molecule has 0 spiro atoms. The summed E-state index contributed by atoms with van der Waals surface area (Å²) in [7, 11) is 0. The van der Waals surface area contributed by atoms with Crippen LogP contribution in [0.2, 0.25) is 0 Å². The molecule has 4 nitrogen and oxygen atoms in total. The highest BCUT2D eigenvalue weighted by Gasteiger charge is 2.04. The Labute approximate surface area is 123 Å². The quantitative estimate of drug-likeness (QED) is 0.890. The minimum atomic E-state index is -0.0646. The van der Waals surface area contributed by atoms with Gasteiger partial charge >= 0.3 is 0 Å². The Hall–Kier alpha value is -1.62. The zero-order valence-corrected chi connectivity index (χ0v) is 13.0. The number of hydrogen-bond acceptors (Lipinski definition) is 4. The molecule has 0 aromatic carbocycles. The maximum absolute atomic E-state index is 12.0. The monoisotopic (exact) mass is 291 g/mol. The van der Waals surface area contributed by atoms with Crippen molar-refractivity contribution in [1.29, 1.82) is 0 Å². The summed E-state index contributed by atoms with van der Waals surface area (Å²) in [5.74, 6) is 0.538. The summed E-state index contributed by atoms with van der Waals surface area (Å²) in [4.78, 5) is 14.5. The fraction of sp³-hybridized carbons (Fsp3) is 0.467. The van der Waals surface area contributed by atoms with E-state index in [1.807, 2.05) is 0 Å². The molecular weight excluding hydrogens is 270 g/mol. The number of aryl methyl sites for hydroxylation is 1. The minimum absolute atomic E-state index is 0.0646. The van der Waals surface area contributed by atoms with Crippen LogP contribution in [0.3, 0.4) is 0 Å². The van der Waals surface area contributed by atoms with Crippen LogP contribution in [0.4, 0.5) is 5.69 Å². The number of aromatic nitrogens is 2. The van der Waals surface area contributed by atoms with E-state index in [1.54, 1.807) is 23.6 Å². The van der Waals surface area contributed by atoms with Gasteiger partial charge in [-0.15, -0.1) is 11.3 Å². The molecule has 0 saturated carbocycles. The Kier molecular flexibility index (Phi) is 4.95. The van der Waals surface area contributed by atoms with Crippen LogP contribution in [0.5, 0.6) is 0 Å². The molecule has 108 valence electrons. The standard InChI is InChI=1S/C15H21N3OS/c1-4-13-5-6-14(20-13)10-18-15(19)7-12(9-17-18)16-8-11(2)3/h5-7,9,11,16H,4,8,10H2,1-3H3. The van der Waals surface area contributed by atoms with E-state index in [9.17, 15) is 4.79 Å². The van der Waals surface area contributed by atoms with Crippen LogP contribution in [0.25, 0.3) is 0 Å². The largest absolute Gasteiger partial charge is 0.383 e. The van der Waals surface area contributed by atoms with Crippen LogP contribution in [0.15, 0.2) is 29.2 Å². The number of nitrogens with one attached hydrogen (secondary N) is 1. The predicted octanol–water partition coefficient (Wildman–Crippen LogP) is 2.98. The average Bonchev–Trinajstić information content (AvgIpc) is 2.87. The Balaban J connectivity index is 2.07. The van der Waals surface area contributed by atoms with Crippen LogP contribution in [-0.4, -0.2) is 16.3 Å². The second kappa shape index (κ2) is 6.70. The van der Waals surface area contributed by atoms with E-state index < -0.39 is 0 Å². The van der Waals surface area contributed by atoms with Gasteiger partial charge in [0.1, 0.15) is 0 Å².